The predicted octanol–water partition coefficient (Wildman–Crippen LogP) is -0.478. The first-order chi connectivity index (χ1) is 7.25. The first-order valence-electron chi connectivity index (χ1n) is 4.46. The minimum atomic E-state index is 0.482. The van der Waals surface area contributed by atoms with E-state index in [0.29, 0.717) is 11.7 Å². The summed E-state index contributed by atoms with van der Waals surface area (Å²) in [5.41, 5.74) is 1.40. The van der Waals surface area contributed by atoms with E-state index >= 15 is 0 Å². The van der Waals surface area contributed by atoms with Gasteiger partial charge in [-0.15, -0.1) is 4.98 Å². The topological polar surface area (TPSA) is 63.6 Å². The summed E-state index contributed by atoms with van der Waals surface area (Å²) >= 11 is 0. The molecule has 0 spiro atoms. The van der Waals surface area contributed by atoms with Crippen molar-refractivity contribution >= 4 is 17.2 Å². The van der Waals surface area contributed by atoms with E-state index in [1.807, 2.05) is 26.2 Å². The van der Waals surface area contributed by atoms with E-state index in [1.165, 1.54) is 9.43 Å². The fourth-order valence-electron chi connectivity index (χ4n) is 1.32. The Morgan fingerprint density at radius 1 is 1.40 bits per heavy atom. The molecule has 7 nitrogen and oxygen atoms in total. The number of hydrogen-bond donors (Lipinski definition) is 0. The lowest BCUT2D eigenvalue weighted by atomic mass is 10.4. The zero-order valence-electron chi connectivity index (χ0n) is 8.32. The number of hydrogen-bond acceptors (Lipinski definition) is 5. The first-order valence-corrected chi connectivity index (χ1v) is 4.46. The second-order valence-electron chi connectivity index (χ2n) is 3.36. The zero-order valence-corrected chi connectivity index (χ0v) is 8.32. The maximum Gasteiger partial charge on any atom is 0.412 e. The first kappa shape index (κ1) is 8.16. The molecule has 0 saturated carbocycles. The molecule has 0 unspecified atom stereocenters. The van der Waals surface area contributed by atoms with Gasteiger partial charge in [0.05, 0.1) is 10.9 Å². The summed E-state index contributed by atoms with van der Waals surface area (Å²) < 4.78 is 8.28. The Kier molecular flexibility index (Phi) is 1.44. The van der Waals surface area contributed by atoms with Crippen LogP contribution in [0.25, 0.3) is 11.2 Å². The average Bonchev–Trinajstić information content (AvgIpc) is 2.73. The van der Waals surface area contributed by atoms with Crippen molar-refractivity contribution in [2.24, 2.45) is 0 Å². The predicted molar refractivity (Wildman–Crippen MR) is 50.5 cm³/mol. The number of aromatic nitrogens is 5. The normalized spacial score (nSPS) is 11.3. The second-order valence-corrected chi connectivity index (χ2v) is 3.36. The van der Waals surface area contributed by atoms with Crippen molar-refractivity contribution in [3.63, 3.8) is 0 Å². The third kappa shape index (κ3) is 1.06. The summed E-state index contributed by atoms with van der Waals surface area (Å²) in [6, 6.07) is 4.16. The minimum Gasteiger partial charge on any atom is -0.317 e. The molecule has 76 valence electrons. The molecule has 0 N–H and O–H groups in total. The van der Waals surface area contributed by atoms with Crippen molar-refractivity contribution in [3.8, 4) is 0 Å². The van der Waals surface area contributed by atoms with E-state index in [1.54, 1.807) is 11.1 Å². The van der Waals surface area contributed by atoms with E-state index in [-0.39, 0.29) is 0 Å². The Hall–Kier alpha value is -2.18. The summed E-state index contributed by atoms with van der Waals surface area (Å²) in [5.74, 6) is 0. The van der Waals surface area contributed by atoms with Gasteiger partial charge in [0.1, 0.15) is 0 Å². The van der Waals surface area contributed by atoms with Gasteiger partial charge in [-0.25, -0.2) is 0 Å². The van der Waals surface area contributed by atoms with E-state index in [2.05, 4.69) is 15.2 Å². The van der Waals surface area contributed by atoms with Gasteiger partial charge in [-0.1, -0.05) is 0 Å². The maximum absolute atomic E-state index is 5.45. The third-order valence-electron chi connectivity index (χ3n) is 2.03. The summed E-state index contributed by atoms with van der Waals surface area (Å²) in [6.07, 6.45) is 1.69. The Balaban J connectivity index is 2.37. The van der Waals surface area contributed by atoms with Crippen molar-refractivity contribution in [2.45, 2.75) is 0 Å². The van der Waals surface area contributed by atoms with E-state index < -0.39 is 0 Å². The SMILES string of the molecule is CN(C)c1nn2nc3cccnc3[n+]2o1. The molecule has 0 aliphatic carbocycles. The molecule has 0 fully saturated rings. The van der Waals surface area contributed by atoms with Gasteiger partial charge in [0, 0.05) is 23.9 Å². The monoisotopic (exact) mass is 205 g/mol. The van der Waals surface area contributed by atoms with E-state index in [0.717, 1.165) is 5.52 Å². The molecule has 3 aromatic rings. The van der Waals surface area contributed by atoms with Crippen molar-refractivity contribution in [2.75, 3.05) is 19.0 Å². The number of pyridine rings is 1. The van der Waals surface area contributed by atoms with Crippen LogP contribution in [0.3, 0.4) is 0 Å². The van der Waals surface area contributed by atoms with Gasteiger partial charge in [0.15, 0.2) is 0 Å². The Bertz CT molecular complexity index is 624. The van der Waals surface area contributed by atoms with Crippen molar-refractivity contribution in [1.29, 1.82) is 0 Å². The van der Waals surface area contributed by atoms with Crippen LogP contribution in [0.4, 0.5) is 6.01 Å². The molecule has 15 heavy (non-hydrogen) atoms. The van der Waals surface area contributed by atoms with E-state index in [4.69, 9.17) is 4.52 Å². The van der Waals surface area contributed by atoms with Gasteiger partial charge >= 0.3 is 11.7 Å². The van der Waals surface area contributed by atoms with Gasteiger partial charge in [-0.3, -0.25) is 4.52 Å². The minimum absolute atomic E-state index is 0.482. The molecule has 0 aliphatic heterocycles. The van der Waals surface area contributed by atoms with Gasteiger partial charge in [0.2, 0.25) is 5.52 Å². The Morgan fingerprint density at radius 3 is 3.07 bits per heavy atom. The summed E-state index contributed by atoms with van der Waals surface area (Å²) in [4.78, 5) is 5.93. The smallest absolute Gasteiger partial charge is 0.317 e. The molecular weight excluding hydrogens is 196 g/mol. The lowest BCUT2D eigenvalue weighted by Crippen LogP contribution is -2.25. The molecule has 0 saturated heterocycles. The zero-order chi connectivity index (χ0) is 10.4. The number of nitrogens with zero attached hydrogens (tertiary/aromatic N) is 6. The molecule has 7 heteroatoms. The number of rotatable bonds is 1. The van der Waals surface area contributed by atoms with E-state index in [9.17, 15) is 0 Å². The molecule has 0 bridgehead atoms. The number of fused-ring (bicyclic) bond motifs is 3. The fourth-order valence-corrected chi connectivity index (χ4v) is 1.32. The fraction of sp³-hybridized carbons (Fsp3) is 0.250. The van der Waals surface area contributed by atoms with Crippen LogP contribution in [0, 0.1) is 0 Å². The lowest BCUT2D eigenvalue weighted by Gasteiger charge is -1.98. The largest absolute Gasteiger partial charge is 0.412 e. The van der Waals surface area contributed by atoms with Crippen LogP contribution in [0.2, 0.25) is 0 Å². The average molecular weight is 205 g/mol. The van der Waals surface area contributed by atoms with Crippen LogP contribution in [0.5, 0.6) is 0 Å². The molecule has 3 heterocycles. The second kappa shape index (κ2) is 2.66. The molecule has 0 atom stereocenters. The van der Waals surface area contributed by atoms with Crippen LogP contribution in [-0.4, -0.2) is 34.0 Å². The Labute approximate surface area is 84.5 Å². The van der Waals surface area contributed by atoms with Crippen molar-refractivity contribution < 1.29 is 9.21 Å². The van der Waals surface area contributed by atoms with Crippen LogP contribution in [0.1, 0.15) is 0 Å². The summed E-state index contributed by atoms with van der Waals surface area (Å²) in [5, 5.41) is 8.34. The van der Waals surface area contributed by atoms with Crippen LogP contribution < -0.4 is 9.59 Å². The lowest BCUT2D eigenvalue weighted by molar-refractivity contribution is -0.779. The highest BCUT2D eigenvalue weighted by molar-refractivity contribution is 5.64. The standard InChI is InChI=1S/C8H9N6O/c1-12(2)8-11-14-10-6-4-3-5-9-7(6)13(14)15-8/h3-5H,1-2H3/q+1. The third-order valence-corrected chi connectivity index (χ3v) is 2.03. The van der Waals surface area contributed by atoms with Crippen LogP contribution >= 0.6 is 0 Å². The quantitative estimate of drug-likeness (QED) is 0.502. The van der Waals surface area contributed by atoms with Gasteiger partial charge in [0.25, 0.3) is 0 Å². The van der Waals surface area contributed by atoms with Crippen molar-refractivity contribution in [3.05, 3.63) is 18.3 Å². The van der Waals surface area contributed by atoms with Crippen LogP contribution in [0.15, 0.2) is 22.9 Å². The highest BCUT2D eigenvalue weighted by Crippen LogP contribution is 2.06. The molecule has 0 aromatic carbocycles. The highest BCUT2D eigenvalue weighted by atomic mass is 16.5. The van der Waals surface area contributed by atoms with Gasteiger partial charge in [-0.2, -0.15) is 0 Å². The molecular formula is C8H9N6O+. The van der Waals surface area contributed by atoms with Gasteiger partial charge < -0.3 is 4.90 Å². The summed E-state index contributed by atoms with van der Waals surface area (Å²) in [7, 11) is 3.70. The van der Waals surface area contributed by atoms with Crippen molar-refractivity contribution in [1.82, 2.24) is 19.9 Å². The molecule has 0 radical (unpaired) electrons. The van der Waals surface area contributed by atoms with Gasteiger partial charge in [-0.05, 0) is 17.2 Å². The Morgan fingerprint density at radius 2 is 2.27 bits per heavy atom. The number of anilines is 1. The highest BCUT2D eigenvalue weighted by Gasteiger charge is 2.20. The maximum atomic E-state index is 5.45. The van der Waals surface area contributed by atoms with Crippen LogP contribution in [-0.2, 0) is 0 Å². The molecule has 0 aliphatic rings. The molecule has 3 aromatic heterocycles. The molecule has 0 amide bonds. The summed E-state index contributed by atoms with van der Waals surface area (Å²) in [6.45, 7) is 0. The molecule has 3 rings (SSSR count).